The highest BCUT2D eigenvalue weighted by Gasteiger charge is 2.08. The van der Waals surface area contributed by atoms with Gasteiger partial charge >= 0.3 is 0 Å². The summed E-state index contributed by atoms with van der Waals surface area (Å²) in [5.74, 6) is 1.28. The van der Waals surface area contributed by atoms with Crippen LogP contribution in [0.3, 0.4) is 0 Å². The third-order valence-electron chi connectivity index (χ3n) is 3.84. The van der Waals surface area contributed by atoms with Gasteiger partial charge in [-0.2, -0.15) is 0 Å². The maximum absolute atomic E-state index is 12.0. The maximum Gasteiger partial charge on any atom is 0.220 e. The van der Waals surface area contributed by atoms with Crippen LogP contribution >= 0.6 is 0 Å². The number of aryl methyl sites for hydroxylation is 1. The zero-order valence-corrected chi connectivity index (χ0v) is 14.1. The molecule has 0 aliphatic rings. The Morgan fingerprint density at radius 1 is 1.28 bits per heavy atom. The number of aromatic amines is 1. The Bertz CT molecular complexity index is 840. The highest BCUT2D eigenvalue weighted by atomic mass is 16.5. The minimum Gasteiger partial charge on any atom is -0.504 e. The predicted octanol–water partition coefficient (Wildman–Crippen LogP) is 2.92. The Balaban J connectivity index is 1.52. The smallest absolute Gasteiger partial charge is 0.220 e. The number of nitrogens with one attached hydrogen (secondary N) is 2. The number of amides is 1. The second kappa shape index (κ2) is 7.70. The number of imidazole rings is 1. The van der Waals surface area contributed by atoms with E-state index < -0.39 is 0 Å². The summed E-state index contributed by atoms with van der Waals surface area (Å²) < 4.78 is 5.34. The Labute approximate surface area is 145 Å². The van der Waals surface area contributed by atoms with Crippen molar-refractivity contribution >= 4 is 16.9 Å². The van der Waals surface area contributed by atoms with Crippen molar-refractivity contribution < 1.29 is 14.6 Å². The van der Waals surface area contributed by atoms with E-state index >= 15 is 0 Å². The Hall–Kier alpha value is -3.02. The fraction of sp³-hybridized carbons (Fsp3) is 0.263. The Morgan fingerprint density at radius 2 is 2.12 bits per heavy atom. The van der Waals surface area contributed by atoms with Gasteiger partial charge < -0.3 is 20.1 Å². The van der Waals surface area contributed by atoms with E-state index in [1.807, 2.05) is 31.2 Å². The first-order valence-corrected chi connectivity index (χ1v) is 8.30. The average molecular weight is 339 g/mol. The molecule has 0 fully saturated rings. The van der Waals surface area contributed by atoms with E-state index in [-0.39, 0.29) is 11.7 Å². The van der Waals surface area contributed by atoms with Crippen LogP contribution in [0.25, 0.3) is 11.0 Å². The minimum atomic E-state index is -0.0495. The number of H-pyrrole nitrogens is 1. The van der Waals surface area contributed by atoms with Crippen molar-refractivity contribution in [3.63, 3.8) is 0 Å². The van der Waals surface area contributed by atoms with Crippen molar-refractivity contribution in [1.82, 2.24) is 15.3 Å². The number of carbonyl (C=O) groups excluding carboxylic acids is 1. The summed E-state index contributed by atoms with van der Waals surface area (Å²) in [7, 11) is 0. The third-order valence-corrected chi connectivity index (χ3v) is 3.84. The first-order chi connectivity index (χ1) is 12.2. The van der Waals surface area contributed by atoms with Crippen LogP contribution < -0.4 is 10.1 Å². The number of rotatable bonds is 7. The molecule has 0 saturated carbocycles. The van der Waals surface area contributed by atoms with Crippen molar-refractivity contribution in [1.29, 1.82) is 0 Å². The summed E-state index contributed by atoms with van der Waals surface area (Å²) in [5.41, 5.74) is 2.76. The predicted molar refractivity (Wildman–Crippen MR) is 95.5 cm³/mol. The standard InChI is InChI=1S/C19H21N3O3/c1-2-25-17-11-13(7-8-16(17)23)12-20-19(24)10-9-18-21-14-5-3-4-6-15(14)22-18/h3-8,11,23H,2,9-10,12H2,1H3,(H,20,24)(H,21,22). The van der Waals surface area contributed by atoms with Crippen LogP contribution in [-0.2, 0) is 17.8 Å². The number of hydrogen-bond acceptors (Lipinski definition) is 4. The first-order valence-electron chi connectivity index (χ1n) is 8.30. The molecule has 1 amide bonds. The van der Waals surface area contributed by atoms with Gasteiger partial charge in [0, 0.05) is 19.4 Å². The molecule has 3 rings (SSSR count). The lowest BCUT2D eigenvalue weighted by Gasteiger charge is -2.09. The molecule has 1 heterocycles. The Morgan fingerprint density at radius 3 is 2.92 bits per heavy atom. The van der Waals surface area contributed by atoms with Crippen LogP contribution in [0.1, 0.15) is 24.7 Å². The lowest BCUT2D eigenvalue weighted by molar-refractivity contribution is -0.121. The molecule has 0 aliphatic carbocycles. The van der Waals surface area contributed by atoms with Crippen molar-refractivity contribution in [2.24, 2.45) is 0 Å². The minimum absolute atomic E-state index is 0.0495. The van der Waals surface area contributed by atoms with E-state index in [4.69, 9.17) is 4.74 Å². The summed E-state index contributed by atoms with van der Waals surface area (Å²) >= 11 is 0. The summed E-state index contributed by atoms with van der Waals surface area (Å²) in [4.78, 5) is 19.7. The molecular formula is C19H21N3O3. The van der Waals surface area contributed by atoms with Gasteiger partial charge in [-0.05, 0) is 36.8 Å². The zero-order valence-electron chi connectivity index (χ0n) is 14.1. The fourth-order valence-electron chi connectivity index (χ4n) is 2.58. The molecule has 0 radical (unpaired) electrons. The van der Waals surface area contributed by atoms with Crippen molar-refractivity contribution in [2.75, 3.05) is 6.61 Å². The van der Waals surface area contributed by atoms with Crippen molar-refractivity contribution in [3.05, 3.63) is 53.9 Å². The molecule has 3 N–H and O–H groups in total. The quantitative estimate of drug-likeness (QED) is 0.618. The number of aromatic hydroxyl groups is 1. The molecule has 6 heteroatoms. The van der Waals surface area contributed by atoms with Gasteiger partial charge in [0.05, 0.1) is 17.6 Å². The van der Waals surface area contributed by atoms with Crippen molar-refractivity contribution in [3.8, 4) is 11.5 Å². The molecule has 25 heavy (non-hydrogen) atoms. The molecular weight excluding hydrogens is 318 g/mol. The van der Waals surface area contributed by atoms with Crippen LogP contribution in [0.4, 0.5) is 0 Å². The number of fused-ring (bicyclic) bond motifs is 1. The monoisotopic (exact) mass is 339 g/mol. The molecule has 3 aromatic rings. The average Bonchev–Trinajstić information content (AvgIpc) is 3.04. The summed E-state index contributed by atoms with van der Waals surface area (Å²) in [6, 6.07) is 12.9. The lowest BCUT2D eigenvalue weighted by atomic mass is 10.2. The van der Waals surface area contributed by atoms with Gasteiger partial charge in [0.2, 0.25) is 5.91 Å². The van der Waals surface area contributed by atoms with E-state index in [9.17, 15) is 9.90 Å². The third kappa shape index (κ3) is 4.29. The van der Waals surface area contributed by atoms with Gasteiger partial charge in [-0.3, -0.25) is 4.79 Å². The maximum atomic E-state index is 12.0. The largest absolute Gasteiger partial charge is 0.504 e. The molecule has 0 saturated heterocycles. The number of carbonyl (C=O) groups is 1. The molecule has 0 aliphatic heterocycles. The lowest BCUT2D eigenvalue weighted by Crippen LogP contribution is -2.23. The number of nitrogens with zero attached hydrogens (tertiary/aromatic N) is 1. The van der Waals surface area contributed by atoms with Crippen molar-refractivity contribution in [2.45, 2.75) is 26.3 Å². The molecule has 130 valence electrons. The van der Waals surface area contributed by atoms with Gasteiger partial charge in [-0.1, -0.05) is 18.2 Å². The van der Waals surface area contributed by atoms with E-state index in [1.54, 1.807) is 18.2 Å². The van der Waals surface area contributed by atoms with E-state index in [0.29, 0.717) is 31.7 Å². The zero-order chi connectivity index (χ0) is 17.6. The van der Waals surface area contributed by atoms with Crippen LogP contribution in [0.2, 0.25) is 0 Å². The number of hydrogen-bond donors (Lipinski definition) is 3. The van der Waals surface area contributed by atoms with E-state index in [0.717, 1.165) is 22.4 Å². The number of phenolic OH excluding ortho intramolecular Hbond substituents is 1. The van der Waals surface area contributed by atoms with Gasteiger partial charge in [0.25, 0.3) is 0 Å². The second-order valence-corrected chi connectivity index (χ2v) is 5.71. The van der Waals surface area contributed by atoms with Crippen LogP contribution in [0, 0.1) is 0 Å². The molecule has 2 aromatic carbocycles. The summed E-state index contributed by atoms with van der Waals surface area (Å²) in [6.45, 7) is 2.71. The van der Waals surface area contributed by atoms with E-state index in [2.05, 4.69) is 15.3 Å². The van der Waals surface area contributed by atoms with Gasteiger partial charge in [0.15, 0.2) is 11.5 Å². The summed E-state index contributed by atoms with van der Waals surface area (Å²) in [5, 5.41) is 12.6. The van der Waals surface area contributed by atoms with E-state index in [1.165, 1.54) is 0 Å². The topological polar surface area (TPSA) is 87.2 Å². The molecule has 0 bridgehead atoms. The van der Waals surface area contributed by atoms with Gasteiger partial charge in [-0.15, -0.1) is 0 Å². The normalized spacial score (nSPS) is 10.8. The number of ether oxygens (including phenoxy) is 1. The SMILES string of the molecule is CCOc1cc(CNC(=O)CCc2nc3ccccc3[nH]2)ccc1O. The molecule has 1 aromatic heterocycles. The number of benzene rings is 2. The number of phenols is 1. The molecule has 0 spiro atoms. The fourth-order valence-corrected chi connectivity index (χ4v) is 2.58. The number of aromatic nitrogens is 2. The number of para-hydroxylation sites is 2. The highest BCUT2D eigenvalue weighted by Crippen LogP contribution is 2.26. The molecule has 0 unspecified atom stereocenters. The van der Waals surface area contributed by atoms with Crippen LogP contribution in [0.5, 0.6) is 11.5 Å². The van der Waals surface area contributed by atoms with Crippen LogP contribution in [-0.4, -0.2) is 27.6 Å². The Kier molecular flexibility index (Phi) is 5.18. The van der Waals surface area contributed by atoms with Gasteiger partial charge in [0.1, 0.15) is 5.82 Å². The molecule has 6 nitrogen and oxygen atoms in total. The highest BCUT2D eigenvalue weighted by molar-refractivity contribution is 5.77. The molecule has 0 atom stereocenters. The van der Waals surface area contributed by atoms with Crippen LogP contribution in [0.15, 0.2) is 42.5 Å². The second-order valence-electron chi connectivity index (χ2n) is 5.71. The first kappa shape index (κ1) is 16.8. The summed E-state index contributed by atoms with van der Waals surface area (Å²) in [6.07, 6.45) is 0.913. The van der Waals surface area contributed by atoms with Gasteiger partial charge in [-0.25, -0.2) is 4.98 Å².